The fourth-order valence-electron chi connectivity index (χ4n) is 3.31. The minimum atomic E-state index is -4.95. The molecule has 1 N–H and O–H groups in total. The van der Waals surface area contributed by atoms with E-state index >= 15 is 0 Å². The first-order valence-electron chi connectivity index (χ1n) is 9.10. The van der Waals surface area contributed by atoms with Gasteiger partial charge in [-0.2, -0.15) is 8.78 Å². The molecule has 0 fully saturated rings. The van der Waals surface area contributed by atoms with Crippen LogP contribution in [-0.4, -0.2) is 46.3 Å². The van der Waals surface area contributed by atoms with E-state index in [1.807, 2.05) is 0 Å². The van der Waals surface area contributed by atoms with Gasteiger partial charge in [0.1, 0.15) is 6.61 Å². The third kappa shape index (κ3) is 4.34. The lowest BCUT2D eigenvalue weighted by molar-refractivity contribution is -0.122. The van der Waals surface area contributed by atoms with Crippen LogP contribution in [0.5, 0.6) is 0 Å². The molecule has 0 aromatic heterocycles. The molecule has 0 aliphatic carbocycles. The van der Waals surface area contributed by atoms with Crippen LogP contribution in [0.1, 0.15) is 22.3 Å². The molecule has 2 aromatic carbocycles. The van der Waals surface area contributed by atoms with Crippen LogP contribution in [0.3, 0.4) is 0 Å². The van der Waals surface area contributed by atoms with Gasteiger partial charge in [-0.25, -0.2) is 8.42 Å². The molecular weight excluding hydrogens is 418 g/mol. The summed E-state index contributed by atoms with van der Waals surface area (Å²) in [5.74, 6) is -4.72. The predicted octanol–water partition coefficient (Wildman–Crippen LogP) is 2.86. The quantitative estimate of drug-likeness (QED) is 0.749. The maximum absolute atomic E-state index is 13.0. The molecule has 2 amide bonds. The Morgan fingerprint density at radius 3 is 2.63 bits per heavy atom. The number of nitrogens with zero attached hydrogens (tertiary/aromatic N) is 1. The van der Waals surface area contributed by atoms with Crippen molar-refractivity contribution in [1.29, 1.82) is 0 Å². The van der Waals surface area contributed by atoms with Crippen LogP contribution in [0, 0.1) is 0 Å². The first kappa shape index (κ1) is 21.8. The SMILES string of the molecule is COCC(=O)N1CCCc2ccc(NC(=O)c3ccccc3S(=O)(=O)C(F)F)cc21. The lowest BCUT2D eigenvalue weighted by Gasteiger charge is -2.30. The summed E-state index contributed by atoms with van der Waals surface area (Å²) in [6.45, 7) is 0.414. The number of rotatable bonds is 6. The minimum Gasteiger partial charge on any atom is -0.375 e. The molecule has 0 saturated heterocycles. The first-order valence-corrected chi connectivity index (χ1v) is 10.6. The maximum atomic E-state index is 13.0. The first-order chi connectivity index (χ1) is 14.3. The van der Waals surface area contributed by atoms with Crippen molar-refractivity contribution >= 4 is 33.0 Å². The van der Waals surface area contributed by atoms with Crippen molar-refractivity contribution in [2.75, 3.05) is 30.5 Å². The van der Waals surface area contributed by atoms with E-state index in [1.165, 1.54) is 19.2 Å². The zero-order valence-corrected chi connectivity index (χ0v) is 16.9. The number of aryl methyl sites for hydroxylation is 1. The number of carbonyl (C=O) groups excluding carboxylic acids is 2. The molecule has 0 bridgehead atoms. The van der Waals surface area contributed by atoms with Crippen molar-refractivity contribution in [3.63, 3.8) is 0 Å². The molecule has 0 radical (unpaired) electrons. The number of fused-ring (bicyclic) bond motifs is 1. The number of hydrogen-bond donors (Lipinski definition) is 1. The Morgan fingerprint density at radius 2 is 1.93 bits per heavy atom. The highest BCUT2D eigenvalue weighted by Crippen LogP contribution is 2.31. The van der Waals surface area contributed by atoms with Gasteiger partial charge in [-0.1, -0.05) is 18.2 Å². The molecule has 10 heteroatoms. The van der Waals surface area contributed by atoms with Crippen molar-refractivity contribution in [3.05, 3.63) is 53.6 Å². The molecule has 1 aliphatic rings. The van der Waals surface area contributed by atoms with Crippen LogP contribution in [0.25, 0.3) is 0 Å². The Kier molecular flexibility index (Phi) is 6.47. The summed E-state index contributed by atoms with van der Waals surface area (Å²) in [5, 5.41) is 2.53. The number of halogens is 2. The number of benzene rings is 2. The number of ether oxygens (including phenoxy) is 1. The Hall–Kier alpha value is -2.85. The number of anilines is 2. The molecule has 1 heterocycles. The van der Waals surface area contributed by atoms with Crippen LogP contribution in [0.2, 0.25) is 0 Å². The van der Waals surface area contributed by atoms with Gasteiger partial charge in [-0.15, -0.1) is 0 Å². The largest absolute Gasteiger partial charge is 0.375 e. The highest BCUT2D eigenvalue weighted by atomic mass is 32.2. The number of methoxy groups -OCH3 is 1. The molecule has 2 aromatic rings. The van der Waals surface area contributed by atoms with Gasteiger partial charge >= 0.3 is 5.76 Å². The topological polar surface area (TPSA) is 92.8 Å². The van der Waals surface area contributed by atoms with E-state index in [0.29, 0.717) is 17.9 Å². The second-order valence-electron chi connectivity index (χ2n) is 6.68. The van der Waals surface area contributed by atoms with E-state index in [9.17, 15) is 26.8 Å². The Balaban J connectivity index is 1.91. The van der Waals surface area contributed by atoms with Crippen LogP contribution in [0.4, 0.5) is 20.2 Å². The van der Waals surface area contributed by atoms with Crippen LogP contribution >= 0.6 is 0 Å². The number of sulfone groups is 1. The lowest BCUT2D eigenvalue weighted by atomic mass is 10.0. The van der Waals surface area contributed by atoms with Crippen LogP contribution in [0.15, 0.2) is 47.4 Å². The van der Waals surface area contributed by atoms with Gasteiger partial charge in [0, 0.05) is 25.0 Å². The fourth-order valence-corrected chi connectivity index (χ4v) is 4.24. The van der Waals surface area contributed by atoms with Gasteiger partial charge in [0.15, 0.2) is 0 Å². The third-order valence-electron chi connectivity index (χ3n) is 4.70. The molecule has 7 nitrogen and oxygen atoms in total. The van der Waals surface area contributed by atoms with Crippen LogP contribution in [-0.2, 0) is 25.8 Å². The number of amides is 2. The van der Waals surface area contributed by atoms with Gasteiger partial charge in [-0.3, -0.25) is 9.59 Å². The second-order valence-corrected chi connectivity index (χ2v) is 8.57. The molecule has 30 heavy (non-hydrogen) atoms. The summed E-state index contributed by atoms with van der Waals surface area (Å²) in [5.41, 5.74) is 1.46. The predicted molar refractivity (Wildman–Crippen MR) is 107 cm³/mol. The number of nitrogens with one attached hydrogen (secondary N) is 1. The molecule has 0 spiro atoms. The third-order valence-corrected chi connectivity index (χ3v) is 6.14. The van der Waals surface area contributed by atoms with E-state index in [0.717, 1.165) is 30.5 Å². The van der Waals surface area contributed by atoms with Crippen LogP contribution < -0.4 is 10.2 Å². The maximum Gasteiger partial charge on any atom is 0.341 e. The van der Waals surface area contributed by atoms with E-state index in [2.05, 4.69) is 5.32 Å². The summed E-state index contributed by atoms with van der Waals surface area (Å²) < 4.78 is 54.6. The molecule has 0 unspecified atom stereocenters. The Bertz CT molecular complexity index is 1070. The summed E-state index contributed by atoms with van der Waals surface area (Å²) in [4.78, 5) is 25.8. The van der Waals surface area contributed by atoms with Gasteiger partial charge in [-0.05, 0) is 42.7 Å². The molecular formula is C20H20F2N2O5S. The second kappa shape index (κ2) is 8.88. The molecule has 160 valence electrons. The minimum absolute atomic E-state index is 0.0884. The zero-order chi connectivity index (χ0) is 21.9. The summed E-state index contributed by atoms with van der Waals surface area (Å²) in [7, 11) is -3.53. The van der Waals surface area contributed by atoms with E-state index < -0.39 is 26.4 Å². The molecule has 3 rings (SSSR count). The van der Waals surface area contributed by atoms with Crippen molar-refractivity contribution in [3.8, 4) is 0 Å². The van der Waals surface area contributed by atoms with Gasteiger partial charge in [0.05, 0.1) is 10.5 Å². The number of hydrogen-bond acceptors (Lipinski definition) is 5. The van der Waals surface area contributed by atoms with E-state index in [4.69, 9.17) is 4.74 Å². The average molecular weight is 438 g/mol. The van der Waals surface area contributed by atoms with Crippen molar-refractivity contribution in [2.24, 2.45) is 0 Å². The normalized spacial score (nSPS) is 13.8. The van der Waals surface area contributed by atoms with Gasteiger partial charge in [0.2, 0.25) is 9.84 Å². The molecule has 0 saturated carbocycles. The Labute approximate surface area is 172 Å². The fraction of sp³-hybridized carbons (Fsp3) is 0.300. The summed E-state index contributed by atoms with van der Waals surface area (Å²) in [6, 6.07) is 9.77. The zero-order valence-electron chi connectivity index (χ0n) is 16.1. The summed E-state index contributed by atoms with van der Waals surface area (Å²) >= 11 is 0. The average Bonchev–Trinajstić information content (AvgIpc) is 2.73. The van der Waals surface area contributed by atoms with E-state index in [1.54, 1.807) is 23.1 Å². The monoisotopic (exact) mass is 438 g/mol. The number of alkyl halides is 2. The van der Waals surface area contributed by atoms with Gasteiger partial charge in [0.25, 0.3) is 11.8 Å². The summed E-state index contributed by atoms with van der Waals surface area (Å²) in [6.07, 6.45) is 1.54. The highest BCUT2D eigenvalue weighted by Gasteiger charge is 2.31. The standard InChI is InChI=1S/C20H20F2N2O5S/c1-29-12-18(25)24-10-4-5-13-8-9-14(11-16(13)24)23-19(26)15-6-2-3-7-17(15)30(27,28)20(21)22/h2-3,6-9,11,20H,4-5,10,12H2,1H3,(H,23,26). The van der Waals surface area contributed by atoms with Crippen molar-refractivity contribution in [1.82, 2.24) is 0 Å². The molecule has 1 aliphatic heterocycles. The molecule has 0 atom stereocenters. The Morgan fingerprint density at radius 1 is 1.20 bits per heavy atom. The van der Waals surface area contributed by atoms with Crippen molar-refractivity contribution < 1.29 is 31.5 Å². The van der Waals surface area contributed by atoms with E-state index in [-0.39, 0.29) is 18.1 Å². The van der Waals surface area contributed by atoms with Gasteiger partial charge < -0.3 is 15.0 Å². The number of carbonyl (C=O) groups is 2. The highest BCUT2D eigenvalue weighted by molar-refractivity contribution is 7.91. The smallest absolute Gasteiger partial charge is 0.341 e. The lowest BCUT2D eigenvalue weighted by Crippen LogP contribution is -2.37. The van der Waals surface area contributed by atoms with Crippen molar-refractivity contribution in [2.45, 2.75) is 23.5 Å².